The second-order valence-corrected chi connectivity index (χ2v) is 7.72. The minimum Gasteiger partial charge on any atom is -0.497 e. The van der Waals surface area contributed by atoms with Gasteiger partial charge in [-0.3, -0.25) is 0 Å². The summed E-state index contributed by atoms with van der Waals surface area (Å²) in [5.74, 6) is 7.84. The third-order valence-corrected chi connectivity index (χ3v) is 5.40. The largest absolute Gasteiger partial charge is 0.497 e. The minimum atomic E-state index is 0.375. The molecule has 0 saturated heterocycles. The van der Waals surface area contributed by atoms with Crippen LogP contribution in [0.25, 0.3) is 16.6 Å². The highest BCUT2D eigenvalue weighted by Gasteiger charge is 2.12. The van der Waals surface area contributed by atoms with Crippen LogP contribution in [0.5, 0.6) is 11.6 Å². The first-order chi connectivity index (χ1) is 14.7. The van der Waals surface area contributed by atoms with Crippen LogP contribution in [0.4, 0.5) is 0 Å². The molecule has 2 heterocycles. The number of hydrogen-bond acceptors (Lipinski definition) is 4. The molecule has 0 N–H and O–H groups in total. The number of methoxy groups -OCH3 is 1. The van der Waals surface area contributed by atoms with Crippen LogP contribution in [-0.4, -0.2) is 21.9 Å². The first-order valence-electron chi connectivity index (χ1n) is 9.57. The molecule has 0 atom stereocenters. The average Bonchev–Trinajstić information content (AvgIpc) is 3.19. The maximum absolute atomic E-state index is 6.01. The summed E-state index contributed by atoms with van der Waals surface area (Å²) in [4.78, 5) is 4.32. The Hall–Kier alpha value is -3.05. The van der Waals surface area contributed by atoms with Crippen LogP contribution >= 0.6 is 22.6 Å². The number of rotatable bonds is 5. The Morgan fingerprint density at radius 3 is 2.83 bits per heavy atom. The fourth-order valence-electron chi connectivity index (χ4n) is 3.11. The van der Waals surface area contributed by atoms with E-state index in [0.29, 0.717) is 12.5 Å². The maximum atomic E-state index is 6.01. The molecule has 2 aromatic heterocycles. The van der Waals surface area contributed by atoms with Crippen molar-refractivity contribution in [1.82, 2.24) is 14.8 Å². The van der Waals surface area contributed by atoms with Gasteiger partial charge in [0.2, 0.25) is 5.88 Å². The van der Waals surface area contributed by atoms with Gasteiger partial charge in [0, 0.05) is 35.2 Å². The summed E-state index contributed by atoms with van der Waals surface area (Å²) in [5, 5.41) is 5.62. The zero-order valence-corrected chi connectivity index (χ0v) is 18.9. The highest BCUT2D eigenvalue weighted by atomic mass is 127. The van der Waals surface area contributed by atoms with E-state index in [0.717, 1.165) is 43.5 Å². The molecular formula is C24H20IN3O2. The van der Waals surface area contributed by atoms with Crippen molar-refractivity contribution < 1.29 is 9.47 Å². The van der Waals surface area contributed by atoms with Crippen molar-refractivity contribution in [1.29, 1.82) is 0 Å². The van der Waals surface area contributed by atoms with E-state index in [1.165, 1.54) is 0 Å². The molecule has 4 aromatic rings. The van der Waals surface area contributed by atoms with Crippen LogP contribution in [0, 0.1) is 15.4 Å². The lowest BCUT2D eigenvalue weighted by atomic mass is 10.1. The third-order valence-electron chi connectivity index (χ3n) is 4.58. The molecule has 0 aliphatic rings. The van der Waals surface area contributed by atoms with Gasteiger partial charge in [-0.15, -0.1) is 0 Å². The summed E-state index contributed by atoms with van der Waals surface area (Å²) >= 11 is 2.23. The summed E-state index contributed by atoms with van der Waals surface area (Å²) in [7, 11) is 1.66. The Morgan fingerprint density at radius 1 is 1.13 bits per heavy atom. The van der Waals surface area contributed by atoms with E-state index < -0.39 is 0 Å². The van der Waals surface area contributed by atoms with Crippen molar-refractivity contribution in [2.75, 3.05) is 7.11 Å². The van der Waals surface area contributed by atoms with Gasteiger partial charge in [0.05, 0.1) is 28.1 Å². The van der Waals surface area contributed by atoms with Crippen LogP contribution in [0.2, 0.25) is 0 Å². The van der Waals surface area contributed by atoms with Crippen LogP contribution < -0.4 is 9.47 Å². The van der Waals surface area contributed by atoms with Crippen LogP contribution in [0.1, 0.15) is 24.5 Å². The molecule has 2 aromatic carbocycles. The van der Waals surface area contributed by atoms with Gasteiger partial charge < -0.3 is 9.47 Å². The first kappa shape index (κ1) is 20.2. The Morgan fingerprint density at radius 2 is 2.03 bits per heavy atom. The Bertz CT molecular complexity index is 1250. The second-order valence-electron chi connectivity index (χ2n) is 6.56. The standard InChI is InChI=1S/C24H20IN3O2/c1-3-4-7-17-12-18-15-27-28(20-8-5-9-21(14-20)29-2)23(18)13-19(17)16-30-24-22(25)10-6-11-26-24/h5-6,8-15H,3,16H2,1-2H3. The molecule has 30 heavy (non-hydrogen) atoms. The lowest BCUT2D eigenvalue weighted by Crippen LogP contribution is -2.02. The smallest absolute Gasteiger partial charge is 0.227 e. The van der Waals surface area contributed by atoms with Gasteiger partial charge in [-0.2, -0.15) is 5.10 Å². The maximum Gasteiger partial charge on any atom is 0.227 e. The zero-order valence-electron chi connectivity index (χ0n) is 16.7. The fourth-order valence-corrected chi connectivity index (χ4v) is 3.61. The molecular weight excluding hydrogens is 489 g/mol. The number of benzene rings is 2. The van der Waals surface area contributed by atoms with Crippen molar-refractivity contribution in [2.24, 2.45) is 0 Å². The molecule has 4 rings (SSSR count). The van der Waals surface area contributed by atoms with Crippen LogP contribution in [0.3, 0.4) is 0 Å². The summed E-state index contributed by atoms with van der Waals surface area (Å²) in [6.07, 6.45) is 4.38. The van der Waals surface area contributed by atoms with E-state index in [1.807, 2.05) is 54.2 Å². The highest BCUT2D eigenvalue weighted by molar-refractivity contribution is 14.1. The number of aromatic nitrogens is 3. The van der Waals surface area contributed by atoms with E-state index in [2.05, 4.69) is 56.6 Å². The van der Waals surface area contributed by atoms with E-state index in [4.69, 9.17) is 9.47 Å². The van der Waals surface area contributed by atoms with Crippen molar-refractivity contribution in [3.05, 3.63) is 75.6 Å². The normalized spacial score (nSPS) is 10.5. The van der Waals surface area contributed by atoms with E-state index in [-0.39, 0.29) is 0 Å². The molecule has 6 heteroatoms. The molecule has 0 radical (unpaired) electrons. The van der Waals surface area contributed by atoms with Gasteiger partial charge in [-0.1, -0.05) is 24.8 Å². The minimum absolute atomic E-state index is 0.375. The lowest BCUT2D eigenvalue weighted by molar-refractivity contribution is 0.291. The van der Waals surface area contributed by atoms with E-state index in [1.54, 1.807) is 13.3 Å². The van der Waals surface area contributed by atoms with Gasteiger partial charge in [0.25, 0.3) is 0 Å². The molecule has 5 nitrogen and oxygen atoms in total. The Balaban J connectivity index is 1.77. The van der Waals surface area contributed by atoms with Gasteiger partial charge in [-0.05, 0) is 59.0 Å². The van der Waals surface area contributed by atoms with E-state index >= 15 is 0 Å². The topological polar surface area (TPSA) is 49.2 Å². The molecule has 0 saturated carbocycles. The van der Waals surface area contributed by atoms with Crippen molar-refractivity contribution >= 4 is 33.5 Å². The molecule has 0 bridgehead atoms. The second kappa shape index (κ2) is 9.18. The van der Waals surface area contributed by atoms with Crippen molar-refractivity contribution in [2.45, 2.75) is 20.0 Å². The monoisotopic (exact) mass is 509 g/mol. The number of halogens is 1. The SMILES string of the molecule is CCC#Cc1cc2cnn(-c3cccc(OC)c3)c2cc1COc1ncccc1I. The number of fused-ring (bicyclic) bond motifs is 1. The van der Waals surface area contributed by atoms with Crippen LogP contribution in [-0.2, 0) is 6.61 Å². The summed E-state index contributed by atoms with van der Waals surface area (Å²) < 4.78 is 14.3. The number of pyridine rings is 1. The highest BCUT2D eigenvalue weighted by Crippen LogP contribution is 2.26. The first-order valence-corrected chi connectivity index (χ1v) is 10.6. The molecule has 0 unspecified atom stereocenters. The van der Waals surface area contributed by atoms with Crippen molar-refractivity contribution in [3.8, 4) is 29.2 Å². The fraction of sp³-hybridized carbons (Fsp3) is 0.167. The van der Waals surface area contributed by atoms with Crippen molar-refractivity contribution in [3.63, 3.8) is 0 Å². The van der Waals surface area contributed by atoms with Gasteiger partial charge >= 0.3 is 0 Å². The average molecular weight is 509 g/mol. The summed E-state index contributed by atoms with van der Waals surface area (Å²) in [6.45, 7) is 2.42. The third kappa shape index (κ3) is 4.26. The van der Waals surface area contributed by atoms with E-state index in [9.17, 15) is 0 Å². The molecule has 0 spiro atoms. The van der Waals surface area contributed by atoms with Crippen LogP contribution in [0.15, 0.2) is 60.9 Å². The Labute approximate surface area is 189 Å². The molecule has 150 valence electrons. The molecule has 0 aliphatic heterocycles. The molecule has 0 aliphatic carbocycles. The summed E-state index contributed by atoms with van der Waals surface area (Å²) in [6, 6.07) is 15.9. The number of hydrogen-bond donors (Lipinski definition) is 0. The zero-order chi connectivity index (χ0) is 20.9. The quantitative estimate of drug-likeness (QED) is 0.268. The predicted octanol–water partition coefficient (Wildman–Crippen LogP) is 5.37. The molecule has 0 fully saturated rings. The Kier molecular flexibility index (Phi) is 6.19. The number of nitrogens with zero attached hydrogens (tertiary/aromatic N) is 3. The predicted molar refractivity (Wildman–Crippen MR) is 126 cm³/mol. The molecule has 0 amide bonds. The lowest BCUT2D eigenvalue weighted by Gasteiger charge is -2.11. The van der Waals surface area contributed by atoms with Gasteiger partial charge in [0.15, 0.2) is 0 Å². The van der Waals surface area contributed by atoms with Gasteiger partial charge in [0.1, 0.15) is 12.4 Å². The summed E-state index contributed by atoms with van der Waals surface area (Å²) in [5.41, 5.74) is 3.86. The van der Waals surface area contributed by atoms with Gasteiger partial charge in [-0.25, -0.2) is 9.67 Å². The number of ether oxygens (including phenoxy) is 2.